The zero-order valence-electron chi connectivity index (χ0n) is 12.9. The fourth-order valence-corrected chi connectivity index (χ4v) is 3.28. The van der Waals surface area contributed by atoms with Crippen molar-refractivity contribution in [3.63, 3.8) is 0 Å². The Hall–Kier alpha value is -0.900. The average molecular weight is 277 g/mol. The lowest BCUT2D eigenvalue weighted by molar-refractivity contribution is -0.186. The van der Waals surface area contributed by atoms with Crippen molar-refractivity contribution in [2.75, 3.05) is 20.3 Å². The van der Waals surface area contributed by atoms with Crippen LogP contribution in [0.1, 0.15) is 45.1 Å². The first-order valence-electron chi connectivity index (χ1n) is 7.81. The standard InChI is InChI=1S/C15H21NO2.C2H6/c1-16-14(13-5-3-2-4-6-13)7-9-15(10-8-14)17-11-12-18-15;1-2/h2-6,16H,7-12H2,1H3;1-2H3. The molecule has 1 spiro atoms. The summed E-state index contributed by atoms with van der Waals surface area (Å²) in [6.07, 6.45) is 4.08. The highest BCUT2D eigenvalue weighted by molar-refractivity contribution is 5.25. The zero-order chi connectivity index (χ0) is 14.5. The van der Waals surface area contributed by atoms with Crippen LogP contribution in [0.15, 0.2) is 30.3 Å². The molecular formula is C17H27NO2. The Labute approximate surface area is 122 Å². The number of hydrogen-bond acceptors (Lipinski definition) is 3. The van der Waals surface area contributed by atoms with E-state index < -0.39 is 0 Å². The van der Waals surface area contributed by atoms with Crippen molar-refractivity contribution in [1.82, 2.24) is 5.32 Å². The lowest BCUT2D eigenvalue weighted by Crippen LogP contribution is -2.48. The van der Waals surface area contributed by atoms with Crippen molar-refractivity contribution in [1.29, 1.82) is 0 Å². The first-order valence-corrected chi connectivity index (χ1v) is 7.81. The Morgan fingerprint density at radius 2 is 1.45 bits per heavy atom. The number of hydrogen-bond donors (Lipinski definition) is 1. The Balaban J connectivity index is 0.000000704. The molecule has 1 heterocycles. The van der Waals surface area contributed by atoms with E-state index in [2.05, 4.69) is 42.7 Å². The molecule has 20 heavy (non-hydrogen) atoms. The van der Waals surface area contributed by atoms with Gasteiger partial charge in [-0.3, -0.25) is 0 Å². The maximum absolute atomic E-state index is 5.81. The summed E-state index contributed by atoms with van der Waals surface area (Å²) in [6.45, 7) is 5.50. The van der Waals surface area contributed by atoms with Gasteiger partial charge in [0.2, 0.25) is 0 Å². The van der Waals surface area contributed by atoms with Crippen LogP contribution in [-0.2, 0) is 15.0 Å². The lowest BCUT2D eigenvalue weighted by atomic mass is 9.74. The van der Waals surface area contributed by atoms with Crippen molar-refractivity contribution in [2.45, 2.75) is 50.9 Å². The molecule has 1 aromatic rings. The molecule has 1 saturated carbocycles. The number of rotatable bonds is 2. The van der Waals surface area contributed by atoms with Crippen molar-refractivity contribution in [3.05, 3.63) is 35.9 Å². The molecular weight excluding hydrogens is 250 g/mol. The van der Waals surface area contributed by atoms with E-state index in [-0.39, 0.29) is 11.3 Å². The van der Waals surface area contributed by atoms with Gasteiger partial charge in [0, 0.05) is 18.4 Å². The summed E-state index contributed by atoms with van der Waals surface area (Å²) in [7, 11) is 2.06. The minimum Gasteiger partial charge on any atom is -0.348 e. The molecule has 1 aliphatic carbocycles. The van der Waals surface area contributed by atoms with Gasteiger partial charge >= 0.3 is 0 Å². The molecule has 1 saturated heterocycles. The van der Waals surface area contributed by atoms with Crippen LogP contribution in [0.3, 0.4) is 0 Å². The first-order chi connectivity index (χ1) is 9.79. The monoisotopic (exact) mass is 277 g/mol. The Morgan fingerprint density at radius 1 is 0.900 bits per heavy atom. The van der Waals surface area contributed by atoms with Gasteiger partial charge in [-0.15, -0.1) is 0 Å². The second-order valence-corrected chi connectivity index (χ2v) is 5.31. The Morgan fingerprint density at radius 3 is 1.95 bits per heavy atom. The SMILES string of the molecule is CC.CNC1(c2ccccc2)CCC2(CC1)OCCO2. The Bertz CT molecular complexity index is 389. The second-order valence-electron chi connectivity index (χ2n) is 5.31. The van der Waals surface area contributed by atoms with Gasteiger partial charge in [-0.1, -0.05) is 44.2 Å². The average Bonchev–Trinajstić information content (AvgIpc) is 3.00. The third kappa shape index (κ3) is 2.90. The van der Waals surface area contributed by atoms with Gasteiger partial charge in [0.25, 0.3) is 0 Å². The van der Waals surface area contributed by atoms with Gasteiger partial charge in [-0.25, -0.2) is 0 Å². The normalized spacial score (nSPS) is 23.1. The summed E-state index contributed by atoms with van der Waals surface area (Å²) in [4.78, 5) is 0. The maximum atomic E-state index is 5.81. The van der Waals surface area contributed by atoms with Crippen molar-refractivity contribution in [3.8, 4) is 0 Å². The van der Waals surface area contributed by atoms with Crippen LogP contribution >= 0.6 is 0 Å². The minimum atomic E-state index is -0.283. The molecule has 1 N–H and O–H groups in total. The van der Waals surface area contributed by atoms with Crippen LogP contribution in [-0.4, -0.2) is 26.0 Å². The van der Waals surface area contributed by atoms with Crippen LogP contribution in [0.2, 0.25) is 0 Å². The van der Waals surface area contributed by atoms with Gasteiger partial charge in [0.05, 0.1) is 13.2 Å². The van der Waals surface area contributed by atoms with Crippen molar-refractivity contribution >= 4 is 0 Å². The molecule has 2 fully saturated rings. The van der Waals surface area contributed by atoms with Crippen LogP contribution in [0.25, 0.3) is 0 Å². The fraction of sp³-hybridized carbons (Fsp3) is 0.647. The molecule has 0 radical (unpaired) electrons. The molecule has 1 aliphatic heterocycles. The highest BCUT2D eigenvalue weighted by Gasteiger charge is 2.46. The van der Waals surface area contributed by atoms with Crippen LogP contribution in [0.5, 0.6) is 0 Å². The van der Waals surface area contributed by atoms with Crippen molar-refractivity contribution < 1.29 is 9.47 Å². The van der Waals surface area contributed by atoms with Crippen LogP contribution in [0, 0.1) is 0 Å². The summed E-state index contributed by atoms with van der Waals surface area (Å²) in [5.74, 6) is -0.283. The third-order valence-corrected chi connectivity index (χ3v) is 4.48. The molecule has 3 heteroatoms. The van der Waals surface area contributed by atoms with Gasteiger partial charge in [-0.05, 0) is 25.5 Å². The van der Waals surface area contributed by atoms with Crippen LogP contribution in [0.4, 0.5) is 0 Å². The van der Waals surface area contributed by atoms with E-state index in [1.165, 1.54) is 5.56 Å². The third-order valence-electron chi connectivity index (χ3n) is 4.48. The van der Waals surface area contributed by atoms with E-state index in [9.17, 15) is 0 Å². The number of benzene rings is 1. The summed E-state index contributed by atoms with van der Waals surface area (Å²) in [5, 5.41) is 3.53. The summed E-state index contributed by atoms with van der Waals surface area (Å²) < 4.78 is 11.6. The van der Waals surface area contributed by atoms with Gasteiger partial charge in [0.1, 0.15) is 0 Å². The van der Waals surface area contributed by atoms with E-state index in [1.54, 1.807) is 0 Å². The molecule has 3 rings (SSSR count). The molecule has 112 valence electrons. The van der Waals surface area contributed by atoms with E-state index in [1.807, 2.05) is 13.8 Å². The van der Waals surface area contributed by atoms with Gasteiger partial charge in [0.15, 0.2) is 5.79 Å². The Kier molecular flexibility index (Phi) is 5.19. The fourth-order valence-electron chi connectivity index (χ4n) is 3.28. The summed E-state index contributed by atoms with van der Waals surface area (Å²) in [6, 6.07) is 10.7. The topological polar surface area (TPSA) is 30.5 Å². The summed E-state index contributed by atoms with van der Waals surface area (Å²) >= 11 is 0. The first kappa shape index (κ1) is 15.5. The van der Waals surface area contributed by atoms with E-state index in [0.717, 1.165) is 38.9 Å². The van der Waals surface area contributed by atoms with E-state index >= 15 is 0 Å². The highest BCUT2D eigenvalue weighted by Crippen LogP contribution is 2.44. The van der Waals surface area contributed by atoms with Gasteiger partial charge < -0.3 is 14.8 Å². The molecule has 3 nitrogen and oxygen atoms in total. The molecule has 0 aromatic heterocycles. The highest BCUT2D eigenvalue weighted by atomic mass is 16.7. The summed E-state index contributed by atoms with van der Waals surface area (Å²) in [5.41, 5.74) is 1.46. The molecule has 1 aromatic carbocycles. The molecule has 0 atom stereocenters. The zero-order valence-corrected chi connectivity index (χ0v) is 12.9. The predicted molar refractivity (Wildman–Crippen MR) is 81.6 cm³/mol. The molecule has 0 amide bonds. The van der Waals surface area contributed by atoms with Gasteiger partial charge in [-0.2, -0.15) is 0 Å². The number of nitrogens with one attached hydrogen (secondary N) is 1. The van der Waals surface area contributed by atoms with Crippen LogP contribution < -0.4 is 5.32 Å². The quantitative estimate of drug-likeness (QED) is 0.898. The number of ether oxygens (including phenoxy) is 2. The van der Waals surface area contributed by atoms with E-state index in [4.69, 9.17) is 9.47 Å². The molecule has 0 bridgehead atoms. The lowest BCUT2D eigenvalue weighted by Gasteiger charge is -2.44. The largest absolute Gasteiger partial charge is 0.348 e. The van der Waals surface area contributed by atoms with E-state index in [0.29, 0.717) is 0 Å². The smallest absolute Gasteiger partial charge is 0.168 e. The maximum Gasteiger partial charge on any atom is 0.168 e. The predicted octanol–water partition coefficient (Wildman–Crippen LogP) is 3.44. The van der Waals surface area contributed by atoms with Crippen molar-refractivity contribution in [2.24, 2.45) is 0 Å². The molecule has 0 unspecified atom stereocenters. The molecule has 2 aliphatic rings. The minimum absolute atomic E-state index is 0.0851. The second kappa shape index (κ2) is 6.70.